The lowest BCUT2D eigenvalue weighted by Gasteiger charge is -2.30. The van der Waals surface area contributed by atoms with Crippen LogP contribution in [0.15, 0.2) is 36.4 Å². The molecule has 0 spiro atoms. The van der Waals surface area contributed by atoms with Crippen LogP contribution < -0.4 is 10.6 Å². The Bertz CT molecular complexity index is 1430. The molecule has 8 heteroatoms. The Morgan fingerprint density at radius 2 is 1.02 bits per heavy atom. The Kier molecular flexibility index (Phi) is 9.84. The second-order valence-corrected chi connectivity index (χ2v) is 14.2. The summed E-state index contributed by atoms with van der Waals surface area (Å²) in [5.74, 6) is 0. The van der Waals surface area contributed by atoms with Gasteiger partial charge in [0, 0.05) is 55.3 Å². The van der Waals surface area contributed by atoms with Crippen LogP contribution in [0, 0.1) is 0 Å². The Morgan fingerprint density at radius 1 is 0.591 bits per heavy atom. The minimum Gasteiger partial charge on any atom is -0.357 e. The number of rotatable bonds is 6. The van der Waals surface area contributed by atoms with Crippen LogP contribution in [0.4, 0.5) is 0 Å². The Balaban J connectivity index is 0.000000142. The molecule has 2 aromatic carbocycles. The molecule has 0 radical (unpaired) electrons. The molecule has 2 atom stereocenters. The molecular formula is C36H48Cl2N6. The third kappa shape index (κ3) is 6.86. The Labute approximate surface area is 272 Å². The molecule has 236 valence electrons. The maximum absolute atomic E-state index is 6.14. The minimum atomic E-state index is 0.455. The van der Waals surface area contributed by atoms with Gasteiger partial charge in [-0.05, 0) is 139 Å². The first-order valence-electron chi connectivity index (χ1n) is 17.1. The first kappa shape index (κ1) is 30.6. The maximum atomic E-state index is 6.14. The largest absolute Gasteiger partial charge is 0.357 e. The number of likely N-dealkylation sites (tertiary alicyclic amines) is 2. The van der Waals surface area contributed by atoms with Crippen LogP contribution in [0.5, 0.6) is 0 Å². The third-order valence-corrected chi connectivity index (χ3v) is 10.9. The van der Waals surface area contributed by atoms with Gasteiger partial charge in [0.15, 0.2) is 0 Å². The van der Waals surface area contributed by atoms with Crippen LogP contribution in [0.1, 0.15) is 86.0 Å². The zero-order valence-electron chi connectivity index (χ0n) is 26.0. The molecule has 4 aliphatic rings. The maximum Gasteiger partial charge on any atom is 0.0488 e. The summed E-state index contributed by atoms with van der Waals surface area (Å²) in [7, 11) is 0. The fraction of sp³-hybridized carbons (Fsp3) is 0.556. The lowest BCUT2D eigenvalue weighted by Crippen LogP contribution is -2.35. The number of nitrogens with zero attached hydrogens (tertiary/aromatic N) is 2. The van der Waals surface area contributed by atoms with Crippen molar-refractivity contribution in [3.8, 4) is 0 Å². The van der Waals surface area contributed by atoms with E-state index in [9.17, 15) is 0 Å². The SMILES string of the molecule is Clc1ccc2c3c([nH]c2c1)[C@@H](CCN1CCCCC1)NCC3.Clc1ccc2c3c([nH]c2c1)[C@H](CCN1CCCCC1)NCC3. The molecule has 0 unspecified atom stereocenters. The molecule has 2 saturated heterocycles. The predicted octanol–water partition coefficient (Wildman–Crippen LogP) is 7.77. The van der Waals surface area contributed by atoms with Crippen molar-refractivity contribution in [3.63, 3.8) is 0 Å². The summed E-state index contributed by atoms with van der Waals surface area (Å²) in [5.41, 5.74) is 8.14. The van der Waals surface area contributed by atoms with Gasteiger partial charge in [0.2, 0.25) is 0 Å². The average Bonchev–Trinajstić information content (AvgIpc) is 3.62. The van der Waals surface area contributed by atoms with Crippen LogP contribution in [0.2, 0.25) is 10.0 Å². The summed E-state index contributed by atoms with van der Waals surface area (Å²) in [6.45, 7) is 9.68. The van der Waals surface area contributed by atoms with E-state index in [2.05, 4.69) is 54.7 Å². The highest BCUT2D eigenvalue weighted by molar-refractivity contribution is 6.31. The van der Waals surface area contributed by atoms with E-state index in [1.165, 1.54) is 135 Å². The Morgan fingerprint density at radius 3 is 1.45 bits per heavy atom. The molecular weight excluding hydrogens is 587 g/mol. The van der Waals surface area contributed by atoms with Crippen molar-refractivity contribution in [2.24, 2.45) is 0 Å². The smallest absolute Gasteiger partial charge is 0.0488 e. The second-order valence-electron chi connectivity index (χ2n) is 13.3. The fourth-order valence-corrected chi connectivity index (χ4v) is 8.40. The van der Waals surface area contributed by atoms with Gasteiger partial charge in [-0.25, -0.2) is 0 Å². The number of benzene rings is 2. The first-order valence-corrected chi connectivity index (χ1v) is 17.9. The van der Waals surface area contributed by atoms with Gasteiger partial charge in [-0.15, -0.1) is 0 Å². The number of fused-ring (bicyclic) bond motifs is 6. The quantitative estimate of drug-likeness (QED) is 0.175. The predicted molar refractivity (Wildman–Crippen MR) is 185 cm³/mol. The van der Waals surface area contributed by atoms with Crippen molar-refractivity contribution in [2.75, 3.05) is 52.4 Å². The van der Waals surface area contributed by atoms with Crippen molar-refractivity contribution in [3.05, 3.63) is 69.0 Å². The second kappa shape index (κ2) is 14.1. The summed E-state index contributed by atoms with van der Waals surface area (Å²) in [5, 5.41) is 11.7. The van der Waals surface area contributed by atoms with Crippen LogP contribution >= 0.6 is 23.2 Å². The number of aromatic nitrogens is 2. The van der Waals surface area contributed by atoms with Crippen molar-refractivity contribution in [1.82, 2.24) is 30.4 Å². The van der Waals surface area contributed by atoms with E-state index in [1.807, 2.05) is 12.1 Å². The molecule has 4 aromatic rings. The van der Waals surface area contributed by atoms with E-state index in [-0.39, 0.29) is 0 Å². The summed E-state index contributed by atoms with van der Waals surface area (Å²) in [6, 6.07) is 13.4. The molecule has 0 amide bonds. The highest BCUT2D eigenvalue weighted by atomic mass is 35.5. The standard InChI is InChI=1S/2C18H24ClN3/c2*19-13-4-5-14-15-6-8-20-16(18(15)21-17(14)12-13)7-11-22-9-2-1-3-10-22/h2*4-5,12,16,20-21H,1-3,6-11H2/t2*16-/m10/s1. The first-order chi connectivity index (χ1) is 21.6. The normalized spacial score (nSPS) is 22.9. The minimum absolute atomic E-state index is 0.455. The molecule has 0 aliphatic carbocycles. The summed E-state index contributed by atoms with van der Waals surface area (Å²) < 4.78 is 0. The van der Waals surface area contributed by atoms with Gasteiger partial charge in [-0.1, -0.05) is 48.2 Å². The van der Waals surface area contributed by atoms with Crippen molar-refractivity contribution < 1.29 is 0 Å². The van der Waals surface area contributed by atoms with Gasteiger partial charge in [0.05, 0.1) is 0 Å². The molecule has 44 heavy (non-hydrogen) atoms. The number of nitrogens with one attached hydrogen (secondary N) is 4. The molecule has 6 heterocycles. The molecule has 2 fully saturated rings. The average molecular weight is 636 g/mol. The van der Waals surface area contributed by atoms with Crippen LogP contribution in [-0.4, -0.2) is 72.1 Å². The van der Waals surface area contributed by atoms with Crippen molar-refractivity contribution >= 4 is 45.0 Å². The van der Waals surface area contributed by atoms with Gasteiger partial charge in [-0.2, -0.15) is 0 Å². The molecule has 0 saturated carbocycles. The van der Waals surface area contributed by atoms with Crippen LogP contribution in [-0.2, 0) is 12.8 Å². The fourth-order valence-electron chi connectivity index (χ4n) is 8.06. The Hall–Kier alpha value is -2.06. The molecule has 8 rings (SSSR count). The molecule has 6 nitrogen and oxygen atoms in total. The molecule has 2 aromatic heterocycles. The summed E-state index contributed by atoms with van der Waals surface area (Å²) in [6.07, 6.45) is 12.9. The van der Waals surface area contributed by atoms with E-state index < -0.39 is 0 Å². The van der Waals surface area contributed by atoms with E-state index in [0.29, 0.717) is 12.1 Å². The lowest BCUT2D eigenvalue weighted by molar-refractivity contribution is 0.215. The summed E-state index contributed by atoms with van der Waals surface area (Å²) in [4.78, 5) is 12.5. The van der Waals surface area contributed by atoms with Crippen molar-refractivity contribution in [1.29, 1.82) is 0 Å². The molecule has 0 bridgehead atoms. The van der Waals surface area contributed by atoms with Crippen molar-refractivity contribution in [2.45, 2.75) is 76.3 Å². The number of halogens is 2. The highest BCUT2D eigenvalue weighted by Gasteiger charge is 2.26. The van der Waals surface area contributed by atoms with Gasteiger partial charge >= 0.3 is 0 Å². The van der Waals surface area contributed by atoms with Crippen LogP contribution in [0.3, 0.4) is 0 Å². The lowest BCUT2D eigenvalue weighted by atomic mass is 9.97. The van der Waals surface area contributed by atoms with Gasteiger partial charge in [0.25, 0.3) is 0 Å². The van der Waals surface area contributed by atoms with Crippen LogP contribution in [0.25, 0.3) is 21.8 Å². The van der Waals surface area contributed by atoms with Gasteiger partial charge in [-0.3, -0.25) is 0 Å². The molecule has 4 N–H and O–H groups in total. The van der Waals surface area contributed by atoms with E-state index in [1.54, 1.807) is 0 Å². The number of hydrogen-bond acceptors (Lipinski definition) is 4. The molecule has 4 aliphatic heterocycles. The number of aromatic amines is 2. The monoisotopic (exact) mass is 634 g/mol. The number of H-pyrrole nitrogens is 2. The van der Waals surface area contributed by atoms with Gasteiger partial charge < -0.3 is 30.4 Å². The summed E-state index contributed by atoms with van der Waals surface area (Å²) >= 11 is 12.3. The van der Waals surface area contributed by atoms with E-state index >= 15 is 0 Å². The topological polar surface area (TPSA) is 62.1 Å². The zero-order chi connectivity index (χ0) is 29.9. The zero-order valence-corrected chi connectivity index (χ0v) is 27.5. The highest BCUT2D eigenvalue weighted by Crippen LogP contribution is 2.34. The van der Waals surface area contributed by atoms with E-state index in [4.69, 9.17) is 23.2 Å². The van der Waals surface area contributed by atoms with Gasteiger partial charge in [0.1, 0.15) is 0 Å². The van der Waals surface area contributed by atoms with E-state index in [0.717, 1.165) is 36.0 Å². The number of piperidine rings is 2. The number of hydrogen-bond donors (Lipinski definition) is 4. The third-order valence-electron chi connectivity index (χ3n) is 10.4.